The molecule has 0 saturated carbocycles. The van der Waals surface area contributed by atoms with Crippen LogP contribution in [0.25, 0.3) is 0 Å². The maximum atomic E-state index is 8.84. The normalized spacial score (nSPS) is 12.9. The summed E-state index contributed by atoms with van der Waals surface area (Å²) in [7, 11) is 0. The van der Waals surface area contributed by atoms with E-state index < -0.39 is 0 Å². The summed E-state index contributed by atoms with van der Waals surface area (Å²) in [4.78, 5) is 0. The SMILES string of the molecule is NN[C@@H](CO)c1ccccc1. The Bertz CT molecular complexity index is 197. The fourth-order valence-corrected chi connectivity index (χ4v) is 0.940. The fourth-order valence-electron chi connectivity index (χ4n) is 0.940. The molecule has 0 saturated heterocycles. The van der Waals surface area contributed by atoms with Crippen LogP contribution in [0.1, 0.15) is 11.6 Å². The molecule has 11 heavy (non-hydrogen) atoms. The Morgan fingerprint density at radius 3 is 2.45 bits per heavy atom. The van der Waals surface area contributed by atoms with E-state index in [2.05, 4.69) is 5.43 Å². The van der Waals surface area contributed by atoms with Crippen LogP contribution in [-0.2, 0) is 0 Å². The largest absolute Gasteiger partial charge is 0.394 e. The lowest BCUT2D eigenvalue weighted by atomic mass is 10.1. The minimum Gasteiger partial charge on any atom is -0.394 e. The average molecular weight is 152 g/mol. The first kappa shape index (κ1) is 8.20. The van der Waals surface area contributed by atoms with Crippen molar-refractivity contribution >= 4 is 0 Å². The van der Waals surface area contributed by atoms with E-state index in [0.717, 1.165) is 5.56 Å². The minimum atomic E-state index is -0.156. The summed E-state index contributed by atoms with van der Waals surface area (Å²) in [6.45, 7) is 0.0144. The zero-order valence-electron chi connectivity index (χ0n) is 6.20. The number of nitrogens with two attached hydrogens (primary N) is 1. The predicted molar refractivity (Wildman–Crippen MR) is 43.6 cm³/mol. The Balaban J connectivity index is 2.74. The Kier molecular flexibility index (Phi) is 3.04. The zero-order chi connectivity index (χ0) is 8.10. The number of hydrogen-bond donors (Lipinski definition) is 3. The van der Waals surface area contributed by atoms with E-state index in [-0.39, 0.29) is 12.6 Å². The number of hydrazine groups is 1. The molecule has 1 aromatic rings. The molecule has 0 aliphatic rings. The van der Waals surface area contributed by atoms with Gasteiger partial charge >= 0.3 is 0 Å². The van der Waals surface area contributed by atoms with Gasteiger partial charge in [0.05, 0.1) is 12.6 Å². The van der Waals surface area contributed by atoms with Crippen molar-refractivity contribution in [3.05, 3.63) is 35.9 Å². The molecule has 0 spiro atoms. The summed E-state index contributed by atoms with van der Waals surface area (Å²) in [5, 5.41) is 8.84. The second kappa shape index (κ2) is 4.08. The number of aliphatic hydroxyl groups is 1. The van der Waals surface area contributed by atoms with Crippen molar-refractivity contribution in [2.75, 3.05) is 6.61 Å². The van der Waals surface area contributed by atoms with E-state index in [1.807, 2.05) is 30.3 Å². The van der Waals surface area contributed by atoms with Crippen molar-refractivity contribution in [2.24, 2.45) is 5.84 Å². The van der Waals surface area contributed by atoms with Gasteiger partial charge in [0.15, 0.2) is 0 Å². The van der Waals surface area contributed by atoms with Gasteiger partial charge in [0.2, 0.25) is 0 Å². The molecule has 0 unspecified atom stereocenters. The van der Waals surface area contributed by atoms with Crippen LogP contribution in [0.4, 0.5) is 0 Å². The molecule has 0 bridgehead atoms. The molecule has 1 aromatic carbocycles. The van der Waals surface area contributed by atoms with Crippen molar-refractivity contribution in [3.8, 4) is 0 Å². The molecule has 0 aliphatic heterocycles. The van der Waals surface area contributed by atoms with E-state index in [0.29, 0.717) is 0 Å². The third kappa shape index (κ3) is 2.01. The van der Waals surface area contributed by atoms with Crippen LogP contribution in [0.3, 0.4) is 0 Å². The van der Waals surface area contributed by atoms with Crippen LogP contribution in [-0.4, -0.2) is 11.7 Å². The van der Waals surface area contributed by atoms with Crippen molar-refractivity contribution in [1.82, 2.24) is 5.43 Å². The van der Waals surface area contributed by atoms with Gasteiger partial charge in [-0.15, -0.1) is 0 Å². The summed E-state index contributed by atoms with van der Waals surface area (Å²) in [6.07, 6.45) is 0. The van der Waals surface area contributed by atoms with Crippen molar-refractivity contribution in [1.29, 1.82) is 0 Å². The third-order valence-electron chi connectivity index (χ3n) is 1.59. The summed E-state index contributed by atoms with van der Waals surface area (Å²) >= 11 is 0. The highest BCUT2D eigenvalue weighted by molar-refractivity contribution is 5.18. The maximum Gasteiger partial charge on any atom is 0.0691 e. The van der Waals surface area contributed by atoms with E-state index in [4.69, 9.17) is 10.9 Å². The van der Waals surface area contributed by atoms with Gasteiger partial charge < -0.3 is 5.11 Å². The lowest BCUT2D eigenvalue weighted by Crippen LogP contribution is -2.30. The highest BCUT2D eigenvalue weighted by atomic mass is 16.3. The van der Waals surface area contributed by atoms with Gasteiger partial charge in [-0.25, -0.2) is 0 Å². The summed E-state index contributed by atoms with van der Waals surface area (Å²) in [6, 6.07) is 9.43. The molecule has 60 valence electrons. The van der Waals surface area contributed by atoms with Crippen LogP contribution < -0.4 is 11.3 Å². The molecule has 0 radical (unpaired) electrons. The molecule has 0 fully saturated rings. The van der Waals surface area contributed by atoms with Gasteiger partial charge in [0, 0.05) is 0 Å². The predicted octanol–water partition coefficient (Wildman–Crippen LogP) is 0.183. The Morgan fingerprint density at radius 2 is 2.00 bits per heavy atom. The molecule has 0 aromatic heterocycles. The van der Waals surface area contributed by atoms with Crippen LogP contribution in [0.15, 0.2) is 30.3 Å². The van der Waals surface area contributed by atoms with Gasteiger partial charge in [0.25, 0.3) is 0 Å². The van der Waals surface area contributed by atoms with Crippen molar-refractivity contribution < 1.29 is 5.11 Å². The Morgan fingerprint density at radius 1 is 1.36 bits per heavy atom. The van der Waals surface area contributed by atoms with Gasteiger partial charge in [-0.05, 0) is 5.56 Å². The fraction of sp³-hybridized carbons (Fsp3) is 0.250. The standard InChI is InChI=1S/C8H12N2O/c9-10-8(6-11)7-4-2-1-3-5-7/h1-5,8,10-11H,6,9H2/t8-/m0/s1. The second-order valence-corrected chi connectivity index (χ2v) is 2.31. The van der Waals surface area contributed by atoms with Gasteiger partial charge in [0.1, 0.15) is 0 Å². The van der Waals surface area contributed by atoms with Gasteiger partial charge in [-0.2, -0.15) is 0 Å². The van der Waals surface area contributed by atoms with Crippen molar-refractivity contribution in [2.45, 2.75) is 6.04 Å². The lowest BCUT2D eigenvalue weighted by molar-refractivity contribution is 0.246. The van der Waals surface area contributed by atoms with Crippen LogP contribution in [0.5, 0.6) is 0 Å². The number of rotatable bonds is 3. The monoisotopic (exact) mass is 152 g/mol. The molecule has 4 N–H and O–H groups in total. The van der Waals surface area contributed by atoms with E-state index in [1.54, 1.807) is 0 Å². The van der Waals surface area contributed by atoms with E-state index in [1.165, 1.54) is 0 Å². The molecule has 0 aliphatic carbocycles. The lowest BCUT2D eigenvalue weighted by Gasteiger charge is -2.11. The van der Waals surface area contributed by atoms with Crippen LogP contribution >= 0.6 is 0 Å². The topological polar surface area (TPSA) is 58.3 Å². The first-order valence-electron chi connectivity index (χ1n) is 3.50. The highest BCUT2D eigenvalue weighted by Gasteiger charge is 2.05. The maximum absolute atomic E-state index is 8.84. The zero-order valence-corrected chi connectivity index (χ0v) is 6.20. The summed E-state index contributed by atoms with van der Waals surface area (Å²) < 4.78 is 0. The molecule has 0 heterocycles. The quantitative estimate of drug-likeness (QED) is 0.428. The molecule has 1 rings (SSSR count). The summed E-state index contributed by atoms with van der Waals surface area (Å²) in [5.41, 5.74) is 3.52. The average Bonchev–Trinajstić information content (AvgIpc) is 2.09. The van der Waals surface area contributed by atoms with Crippen molar-refractivity contribution in [3.63, 3.8) is 0 Å². The third-order valence-corrected chi connectivity index (χ3v) is 1.59. The smallest absolute Gasteiger partial charge is 0.0691 e. The summed E-state index contributed by atoms with van der Waals surface area (Å²) in [5.74, 6) is 5.21. The van der Waals surface area contributed by atoms with Gasteiger partial charge in [-0.3, -0.25) is 11.3 Å². The second-order valence-electron chi connectivity index (χ2n) is 2.31. The van der Waals surface area contributed by atoms with E-state index in [9.17, 15) is 0 Å². The molecular weight excluding hydrogens is 140 g/mol. The molecular formula is C8H12N2O. The highest BCUT2D eigenvalue weighted by Crippen LogP contribution is 2.09. The number of nitrogens with one attached hydrogen (secondary N) is 1. The molecule has 0 amide bonds. The van der Waals surface area contributed by atoms with E-state index >= 15 is 0 Å². The Labute approximate surface area is 65.8 Å². The van der Waals surface area contributed by atoms with Crippen LogP contribution in [0.2, 0.25) is 0 Å². The number of hydrogen-bond acceptors (Lipinski definition) is 3. The number of aliphatic hydroxyl groups excluding tert-OH is 1. The first-order valence-corrected chi connectivity index (χ1v) is 3.50. The first-order chi connectivity index (χ1) is 5.38. The number of benzene rings is 1. The van der Waals surface area contributed by atoms with Gasteiger partial charge in [-0.1, -0.05) is 30.3 Å². The Hall–Kier alpha value is -0.900. The molecule has 3 heteroatoms. The van der Waals surface area contributed by atoms with Crippen LogP contribution in [0, 0.1) is 0 Å². The minimum absolute atomic E-state index is 0.0144. The molecule has 1 atom stereocenters. The molecule has 3 nitrogen and oxygen atoms in total.